The van der Waals surface area contributed by atoms with E-state index >= 15 is 0 Å². The smallest absolute Gasteiger partial charge is 0.254 e. The van der Waals surface area contributed by atoms with Crippen LogP contribution in [-0.2, 0) is 23.1 Å². The van der Waals surface area contributed by atoms with Crippen molar-refractivity contribution in [2.45, 2.75) is 37.2 Å². The number of sulfonamides is 1. The van der Waals surface area contributed by atoms with E-state index in [9.17, 15) is 13.2 Å². The van der Waals surface area contributed by atoms with Crippen LogP contribution in [0.15, 0.2) is 78.1 Å². The summed E-state index contributed by atoms with van der Waals surface area (Å²) >= 11 is 0. The lowest BCUT2D eigenvalue weighted by molar-refractivity contribution is 0.0753. The summed E-state index contributed by atoms with van der Waals surface area (Å²) in [5.74, 6) is -0.0552. The van der Waals surface area contributed by atoms with Crippen molar-refractivity contribution in [1.82, 2.24) is 19.2 Å². The monoisotopic (exact) mass is 565 g/mol. The van der Waals surface area contributed by atoms with Gasteiger partial charge in [-0.15, -0.1) is 12.4 Å². The predicted molar refractivity (Wildman–Crippen MR) is 155 cm³/mol. The minimum absolute atomic E-state index is 0. The fraction of sp³-hybridized carbons (Fsp3) is 0.310. The molecule has 1 fully saturated rings. The van der Waals surface area contributed by atoms with Gasteiger partial charge in [-0.1, -0.05) is 42.8 Å². The molecule has 6 rings (SSSR count). The molecule has 4 aromatic rings. The van der Waals surface area contributed by atoms with E-state index in [-0.39, 0.29) is 18.3 Å². The lowest BCUT2D eigenvalue weighted by Gasteiger charge is -2.27. The standard InChI is InChI=1S/C29H31N5O3S.ClH/c35-29(27-10-6-8-22-7-2-3-9-26(22)27)33-16-15-32(20-24-18-30-21-31-24)28-12-11-25(17-23(28)19-33)38(36,37)34-13-4-1-5-14-34;/h2-3,6-12,17-18,21H,1,4-5,13-16,19-20H2,(H,30,31);1H. The van der Waals surface area contributed by atoms with Crippen LogP contribution >= 0.6 is 12.4 Å². The Morgan fingerprint density at radius 2 is 1.72 bits per heavy atom. The highest BCUT2D eigenvalue weighted by molar-refractivity contribution is 7.89. The molecule has 3 heterocycles. The second-order valence-corrected chi connectivity index (χ2v) is 11.9. The average molecular weight is 566 g/mol. The molecule has 0 spiro atoms. The molecule has 8 nitrogen and oxygen atoms in total. The molecule has 39 heavy (non-hydrogen) atoms. The fourth-order valence-corrected chi connectivity index (χ4v) is 7.12. The van der Waals surface area contributed by atoms with E-state index in [2.05, 4.69) is 14.9 Å². The van der Waals surface area contributed by atoms with Crippen molar-refractivity contribution in [2.24, 2.45) is 0 Å². The van der Waals surface area contributed by atoms with Gasteiger partial charge in [0.2, 0.25) is 10.0 Å². The first-order chi connectivity index (χ1) is 18.5. The summed E-state index contributed by atoms with van der Waals surface area (Å²) in [6.45, 7) is 3.15. The number of rotatable bonds is 5. The molecule has 1 amide bonds. The molecular weight excluding hydrogens is 534 g/mol. The number of amides is 1. The minimum atomic E-state index is -3.60. The number of halogens is 1. The van der Waals surface area contributed by atoms with Gasteiger partial charge in [0.25, 0.3) is 5.91 Å². The molecule has 0 saturated carbocycles. The first kappa shape index (κ1) is 27.2. The number of fused-ring (bicyclic) bond motifs is 2. The van der Waals surface area contributed by atoms with Crippen molar-refractivity contribution in [3.63, 3.8) is 0 Å². The largest absolute Gasteiger partial charge is 0.364 e. The van der Waals surface area contributed by atoms with Crippen LogP contribution < -0.4 is 4.90 Å². The molecule has 2 aliphatic rings. The number of hydrogen-bond donors (Lipinski definition) is 1. The van der Waals surface area contributed by atoms with Crippen molar-refractivity contribution in [1.29, 1.82) is 0 Å². The van der Waals surface area contributed by atoms with E-state index in [0.717, 1.165) is 47.0 Å². The van der Waals surface area contributed by atoms with Gasteiger partial charge in [0, 0.05) is 50.2 Å². The highest BCUT2D eigenvalue weighted by Gasteiger charge is 2.30. The molecule has 3 aromatic carbocycles. The van der Waals surface area contributed by atoms with E-state index in [1.165, 1.54) is 0 Å². The average Bonchev–Trinajstić information content (AvgIpc) is 3.40. The molecule has 0 bridgehead atoms. The van der Waals surface area contributed by atoms with Gasteiger partial charge < -0.3 is 14.8 Å². The molecular formula is C29H32ClN5O3S. The number of hydrogen-bond acceptors (Lipinski definition) is 5. The van der Waals surface area contributed by atoms with E-state index in [1.807, 2.05) is 53.4 Å². The molecule has 0 radical (unpaired) electrons. The maximum Gasteiger partial charge on any atom is 0.254 e. The van der Waals surface area contributed by atoms with Gasteiger partial charge >= 0.3 is 0 Å². The molecule has 1 saturated heterocycles. The van der Waals surface area contributed by atoms with Crippen LogP contribution in [-0.4, -0.2) is 59.7 Å². The van der Waals surface area contributed by atoms with Crippen LogP contribution in [0, 0.1) is 0 Å². The van der Waals surface area contributed by atoms with Crippen LogP contribution in [0.25, 0.3) is 10.8 Å². The maximum absolute atomic E-state index is 13.9. The Morgan fingerprint density at radius 3 is 2.51 bits per heavy atom. The molecule has 1 N–H and O–H groups in total. The summed E-state index contributed by atoms with van der Waals surface area (Å²) in [4.78, 5) is 25.5. The van der Waals surface area contributed by atoms with Crippen LogP contribution in [0.4, 0.5) is 5.69 Å². The normalized spacial score (nSPS) is 16.4. The Morgan fingerprint density at radius 1 is 0.923 bits per heavy atom. The van der Waals surface area contributed by atoms with Crippen LogP contribution in [0.2, 0.25) is 0 Å². The number of anilines is 1. The zero-order valence-electron chi connectivity index (χ0n) is 21.6. The van der Waals surface area contributed by atoms with E-state index in [1.54, 1.807) is 29.0 Å². The third-order valence-electron chi connectivity index (χ3n) is 7.57. The van der Waals surface area contributed by atoms with Gasteiger partial charge in [0.1, 0.15) is 0 Å². The van der Waals surface area contributed by atoms with Crippen molar-refractivity contribution in [3.8, 4) is 0 Å². The van der Waals surface area contributed by atoms with Gasteiger partial charge in [-0.05, 0) is 53.4 Å². The third-order valence-corrected chi connectivity index (χ3v) is 9.46. The Kier molecular flexibility index (Phi) is 7.93. The number of aromatic amines is 1. The lowest BCUT2D eigenvalue weighted by Crippen LogP contribution is -2.35. The SMILES string of the molecule is Cl.O=C(c1cccc2ccccc12)N1CCN(Cc2cnc[nH]2)c2ccc(S(=O)(=O)N3CCCCC3)cc2C1. The topological polar surface area (TPSA) is 89.6 Å². The molecule has 2 aliphatic heterocycles. The summed E-state index contributed by atoms with van der Waals surface area (Å²) < 4.78 is 28.6. The number of benzene rings is 3. The number of nitrogens with one attached hydrogen (secondary N) is 1. The fourth-order valence-electron chi connectivity index (χ4n) is 5.55. The number of imidazole rings is 1. The summed E-state index contributed by atoms with van der Waals surface area (Å²) in [5, 5.41) is 1.93. The Labute approximate surface area is 235 Å². The Balaban J connectivity index is 0.00000308. The molecule has 0 atom stereocenters. The number of nitrogens with zero attached hydrogens (tertiary/aromatic N) is 4. The van der Waals surface area contributed by atoms with E-state index in [0.29, 0.717) is 49.7 Å². The highest BCUT2D eigenvalue weighted by atomic mass is 35.5. The van der Waals surface area contributed by atoms with Gasteiger partial charge in [-0.2, -0.15) is 4.31 Å². The summed E-state index contributed by atoms with van der Waals surface area (Å²) in [5.41, 5.74) is 3.37. The lowest BCUT2D eigenvalue weighted by atomic mass is 10.0. The second-order valence-electron chi connectivity index (χ2n) is 10.0. The summed E-state index contributed by atoms with van der Waals surface area (Å²) in [7, 11) is -3.60. The molecule has 0 unspecified atom stereocenters. The van der Waals surface area contributed by atoms with Crippen LogP contribution in [0.5, 0.6) is 0 Å². The Hall–Kier alpha value is -3.40. The van der Waals surface area contributed by atoms with Gasteiger partial charge in [0.05, 0.1) is 23.5 Å². The predicted octanol–water partition coefficient (Wildman–Crippen LogP) is 4.82. The molecule has 10 heteroatoms. The number of H-pyrrole nitrogens is 1. The molecule has 204 valence electrons. The second kappa shape index (κ2) is 11.4. The van der Waals surface area contributed by atoms with Gasteiger partial charge in [0.15, 0.2) is 0 Å². The third kappa shape index (κ3) is 5.39. The van der Waals surface area contributed by atoms with Crippen LogP contribution in [0.1, 0.15) is 40.9 Å². The summed E-state index contributed by atoms with van der Waals surface area (Å²) in [6.07, 6.45) is 6.27. The number of carbonyl (C=O) groups excluding carboxylic acids is 1. The highest BCUT2D eigenvalue weighted by Crippen LogP contribution is 2.32. The van der Waals surface area contributed by atoms with E-state index in [4.69, 9.17) is 0 Å². The number of carbonyl (C=O) groups is 1. The number of aromatic nitrogens is 2. The zero-order chi connectivity index (χ0) is 26.1. The van der Waals surface area contributed by atoms with Crippen molar-refractivity contribution in [2.75, 3.05) is 31.1 Å². The minimum Gasteiger partial charge on any atom is -0.364 e. The van der Waals surface area contributed by atoms with Crippen molar-refractivity contribution in [3.05, 3.63) is 90.0 Å². The summed E-state index contributed by atoms with van der Waals surface area (Å²) in [6, 6.07) is 19.1. The van der Waals surface area contributed by atoms with E-state index < -0.39 is 10.0 Å². The van der Waals surface area contributed by atoms with Gasteiger partial charge in [-0.25, -0.2) is 13.4 Å². The van der Waals surface area contributed by atoms with Crippen molar-refractivity contribution < 1.29 is 13.2 Å². The Bertz CT molecular complexity index is 1560. The van der Waals surface area contributed by atoms with Crippen LogP contribution in [0.3, 0.4) is 0 Å². The quantitative estimate of drug-likeness (QED) is 0.375. The van der Waals surface area contributed by atoms with Gasteiger partial charge in [-0.3, -0.25) is 4.79 Å². The zero-order valence-corrected chi connectivity index (χ0v) is 23.3. The molecule has 0 aliphatic carbocycles. The first-order valence-electron chi connectivity index (χ1n) is 13.1. The maximum atomic E-state index is 13.9. The first-order valence-corrected chi connectivity index (χ1v) is 14.6. The molecule has 1 aromatic heterocycles. The van der Waals surface area contributed by atoms with Crippen molar-refractivity contribution >= 4 is 44.8 Å². The number of piperidine rings is 1.